The highest BCUT2D eigenvalue weighted by Crippen LogP contribution is 2.48. The molecule has 1 aliphatic heterocycles. The monoisotopic (exact) mass is 265 g/mol. The number of anilines is 1. The van der Waals surface area contributed by atoms with Gasteiger partial charge in [0.25, 0.3) is 0 Å². The standard InChI is InChI=1S/C13H16BrN/c14-9-13(6-7-13)10-15-8-5-11-3-1-2-4-12(11)15/h1-4H,5-10H2. The molecular weight excluding hydrogens is 250 g/mol. The van der Waals surface area contributed by atoms with Crippen molar-refractivity contribution in [3.63, 3.8) is 0 Å². The third kappa shape index (κ3) is 1.69. The summed E-state index contributed by atoms with van der Waals surface area (Å²) in [7, 11) is 0. The topological polar surface area (TPSA) is 3.24 Å². The molecule has 0 amide bonds. The molecule has 2 heteroatoms. The summed E-state index contributed by atoms with van der Waals surface area (Å²) in [5, 5.41) is 1.17. The molecule has 0 atom stereocenters. The number of rotatable bonds is 3. The Labute approximate surface area is 99.6 Å². The summed E-state index contributed by atoms with van der Waals surface area (Å²) in [6.45, 7) is 2.46. The number of benzene rings is 1. The maximum Gasteiger partial charge on any atom is 0.0399 e. The minimum absolute atomic E-state index is 0.595. The zero-order valence-electron chi connectivity index (χ0n) is 8.88. The lowest BCUT2D eigenvalue weighted by molar-refractivity contribution is 0.571. The van der Waals surface area contributed by atoms with Gasteiger partial charge in [-0.2, -0.15) is 0 Å². The lowest BCUT2D eigenvalue weighted by Gasteiger charge is -2.24. The number of hydrogen-bond donors (Lipinski definition) is 0. The first-order valence-corrected chi connectivity index (χ1v) is 6.84. The van der Waals surface area contributed by atoms with Crippen molar-refractivity contribution in [2.24, 2.45) is 5.41 Å². The van der Waals surface area contributed by atoms with Crippen LogP contribution in [-0.4, -0.2) is 18.4 Å². The third-order valence-electron chi connectivity index (χ3n) is 3.75. The number of fused-ring (bicyclic) bond motifs is 1. The van der Waals surface area contributed by atoms with E-state index in [1.54, 1.807) is 0 Å². The maximum absolute atomic E-state index is 3.65. The molecule has 2 aliphatic rings. The van der Waals surface area contributed by atoms with Crippen LogP contribution < -0.4 is 4.90 Å². The molecule has 1 aromatic rings. The smallest absolute Gasteiger partial charge is 0.0399 e. The molecule has 0 aromatic heterocycles. The van der Waals surface area contributed by atoms with E-state index < -0.39 is 0 Å². The van der Waals surface area contributed by atoms with Gasteiger partial charge in [0.1, 0.15) is 0 Å². The third-order valence-corrected chi connectivity index (χ3v) is 4.94. The van der Waals surface area contributed by atoms with Crippen LogP contribution in [0.3, 0.4) is 0 Å². The molecule has 1 aliphatic carbocycles. The second-order valence-electron chi connectivity index (χ2n) is 4.93. The molecule has 0 unspecified atom stereocenters. The fourth-order valence-corrected chi connectivity index (χ4v) is 3.22. The van der Waals surface area contributed by atoms with Crippen molar-refractivity contribution in [1.29, 1.82) is 0 Å². The summed E-state index contributed by atoms with van der Waals surface area (Å²) < 4.78 is 0. The summed E-state index contributed by atoms with van der Waals surface area (Å²) in [5.41, 5.74) is 3.60. The number of halogens is 1. The fourth-order valence-electron chi connectivity index (χ4n) is 2.49. The van der Waals surface area contributed by atoms with Crippen LogP contribution >= 0.6 is 15.9 Å². The predicted octanol–water partition coefficient (Wildman–Crippen LogP) is 3.22. The van der Waals surface area contributed by atoms with Gasteiger partial charge < -0.3 is 4.90 Å². The highest BCUT2D eigenvalue weighted by atomic mass is 79.9. The van der Waals surface area contributed by atoms with Crippen molar-refractivity contribution in [3.05, 3.63) is 29.8 Å². The summed E-state index contributed by atoms with van der Waals surface area (Å²) in [6, 6.07) is 8.85. The highest BCUT2D eigenvalue weighted by molar-refractivity contribution is 9.09. The summed E-state index contributed by atoms with van der Waals surface area (Å²) in [4.78, 5) is 2.57. The molecule has 0 radical (unpaired) electrons. The van der Waals surface area contributed by atoms with Crippen LogP contribution in [0.1, 0.15) is 18.4 Å². The van der Waals surface area contributed by atoms with Crippen LogP contribution in [0, 0.1) is 5.41 Å². The predicted molar refractivity (Wildman–Crippen MR) is 67.8 cm³/mol. The van der Waals surface area contributed by atoms with Crippen molar-refractivity contribution in [2.75, 3.05) is 23.3 Å². The Hall–Kier alpha value is -0.500. The van der Waals surface area contributed by atoms with Gasteiger partial charge in [0.15, 0.2) is 0 Å². The van der Waals surface area contributed by atoms with E-state index >= 15 is 0 Å². The molecule has 1 nitrogen and oxygen atoms in total. The van der Waals surface area contributed by atoms with Crippen molar-refractivity contribution < 1.29 is 0 Å². The summed E-state index contributed by atoms with van der Waals surface area (Å²) in [5.74, 6) is 0. The van der Waals surface area contributed by atoms with Gasteiger partial charge in [-0.05, 0) is 36.3 Å². The molecule has 1 saturated carbocycles. The Bertz CT molecular complexity index is 371. The molecule has 1 heterocycles. The van der Waals surface area contributed by atoms with Crippen LogP contribution in [-0.2, 0) is 6.42 Å². The Morgan fingerprint density at radius 1 is 1.27 bits per heavy atom. The molecule has 3 rings (SSSR count). The molecule has 1 aromatic carbocycles. The lowest BCUT2D eigenvalue weighted by Crippen LogP contribution is -2.29. The largest absolute Gasteiger partial charge is 0.370 e. The molecule has 0 bridgehead atoms. The average molecular weight is 266 g/mol. The molecule has 0 saturated heterocycles. The molecule has 0 spiro atoms. The Kier molecular flexibility index (Phi) is 2.27. The fraction of sp³-hybridized carbons (Fsp3) is 0.538. The van der Waals surface area contributed by atoms with E-state index in [9.17, 15) is 0 Å². The SMILES string of the molecule is BrCC1(CN2CCc3ccccc32)CC1. The maximum atomic E-state index is 3.65. The van der Waals surface area contributed by atoms with E-state index in [-0.39, 0.29) is 0 Å². The molecule has 80 valence electrons. The Balaban J connectivity index is 1.79. The van der Waals surface area contributed by atoms with Crippen LogP contribution in [0.2, 0.25) is 0 Å². The minimum Gasteiger partial charge on any atom is -0.370 e. The van der Waals surface area contributed by atoms with Crippen molar-refractivity contribution >= 4 is 21.6 Å². The second-order valence-corrected chi connectivity index (χ2v) is 5.49. The second kappa shape index (κ2) is 3.51. The number of hydrogen-bond acceptors (Lipinski definition) is 1. The van der Waals surface area contributed by atoms with Gasteiger partial charge in [-0.15, -0.1) is 0 Å². The minimum atomic E-state index is 0.595. The zero-order valence-corrected chi connectivity index (χ0v) is 10.5. The van der Waals surface area contributed by atoms with Gasteiger partial charge >= 0.3 is 0 Å². The van der Waals surface area contributed by atoms with E-state index in [1.807, 2.05) is 0 Å². The quantitative estimate of drug-likeness (QED) is 0.759. The first kappa shape index (κ1) is 9.71. The van der Waals surface area contributed by atoms with Crippen LogP contribution in [0.25, 0.3) is 0 Å². The van der Waals surface area contributed by atoms with Gasteiger partial charge in [0, 0.05) is 24.1 Å². The normalized spacial score (nSPS) is 21.5. The van der Waals surface area contributed by atoms with Crippen molar-refractivity contribution in [3.8, 4) is 0 Å². The van der Waals surface area contributed by atoms with Crippen molar-refractivity contribution in [1.82, 2.24) is 0 Å². The average Bonchev–Trinajstić information content (AvgIpc) is 2.95. The Morgan fingerprint density at radius 2 is 2.07 bits per heavy atom. The van der Waals surface area contributed by atoms with Crippen LogP contribution in [0.5, 0.6) is 0 Å². The van der Waals surface area contributed by atoms with E-state index in [2.05, 4.69) is 45.1 Å². The summed E-state index contributed by atoms with van der Waals surface area (Å²) >= 11 is 3.65. The van der Waals surface area contributed by atoms with E-state index in [0.29, 0.717) is 5.41 Å². The summed E-state index contributed by atoms with van der Waals surface area (Å²) in [6.07, 6.45) is 4.03. The molecular formula is C13H16BrN. The first-order valence-electron chi connectivity index (χ1n) is 5.72. The van der Waals surface area contributed by atoms with Gasteiger partial charge in [-0.3, -0.25) is 0 Å². The Morgan fingerprint density at radius 3 is 2.80 bits per heavy atom. The number of para-hydroxylation sites is 1. The zero-order chi connectivity index (χ0) is 10.3. The molecule has 0 N–H and O–H groups in total. The van der Waals surface area contributed by atoms with E-state index in [1.165, 1.54) is 48.9 Å². The van der Waals surface area contributed by atoms with Crippen LogP contribution in [0.15, 0.2) is 24.3 Å². The van der Waals surface area contributed by atoms with Crippen LogP contribution in [0.4, 0.5) is 5.69 Å². The van der Waals surface area contributed by atoms with Gasteiger partial charge in [-0.1, -0.05) is 34.1 Å². The molecule has 15 heavy (non-hydrogen) atoms. The highest BCUT2D eigenvalue weighted by Gasteiger charge is 2.43. The van der Waals surface area contributed by atoms with E-state index in [0.717, 1.165) is 0 Å². The van der Waals surface area contributed by atoms with Gasteiger partial charge in [-0.25, -0.2) is 0 Å². The van der Waals surface area contributed by atoms with Gasteiger partial charge in [0.05, 0.1) is 0 Å². The first-order chi connectivity index (χ1) is 7.33. The number of alkyl halides is 1. The van der Waals surface area contributed by atoms with Crippen molar-refractivity contribution in [2.45, 2.75) is 19.3 Å². The van der Waals surface area contributed by atoms with E-state index in [4.69, 9.17) is 0 Å². The number of nitrogens with zero attached hydrogens (tertiary/aromatic N) is 1. The molecule has 1 fully saturated rings. The lowest BCUT2D eigenvalue weighted by atomic mass is 10.1. The van der Waals surface area contributed by atoms with Gasteiger partial charge in [0.2, 0.25) is 0 Å².